The number of rotatable bonds is 9. The average Bonchev–Trinajstić information content (AvgIpc) is 3.06. The van der Waals surface area contributed by atoms with E-state index in [-0.39, 0.29) is 23.0 Å². The van der Waals surface area contributed by atoms with E-state index < -0.39 is 18.1 Å². The Kier molecular flexibility index (Phi) is 9.83. The van der Waals surface area contributed by atoms with Crippen molar-refractivity contribution < 1.29 is 13.6 Å². The molecule has 2 aromatic rings. The summed E-state index contributed by atoms with van der Waals surface area (Å²) in [5.74, 6) is 0.873. The highest BCUT2D eigenvalue weighted by atomic mass is 79.9. The van der Waals surface area contributed by atoms with Crippen molar-refractivity contribution in [3.05, 3.63) is 50.1 Å². The maximum atomic E-state index is 6.63. The highest BCUT2D eigenvalue weighted by Crippen LogP contribution is 2.46. The molecule has 0 amide bonds. The van der Waals surface area contributed by atoms with Crippen LogP contribution in [-0.2, 0) is 15.5 Å². The van der Waals surface area contributed by atoms with Gasteiger partial charge in [-0.15, -0.1) is 11.3 Å². The second kappa shape index (κ2) is 11.3. The summed E-state index contributed by atoms with van der Waals surface area (Å²) in [5.41, 5.74) is 2.33. The Morgan fingerprint density at radius 1 is 0.844 bits per heavy atom. The first-order valence-corrected chi connectivity index (χ1v) is 17.6. The van der Waals surface area contributed by atoms with E-state index in [2.05, 4.69) is 113 Å². The van der Waals surface area contributed by atoms with Crippen molar-refractivity contribution in [1.29, 1.82) is 0 Å². The van der Waals surface area contributed by atoms with Crippen LogP contribution in [-0.4, -0.2) is 18.1 Å². The Morgan fingerprint density at radius 3 is 1.81 bits per heavy atom. The van der Waals surface area contributed by atoms with Crippen LogP contribution in [0.1, 0.15) is 69.8 Å². The zero-order valence-electron chi connectivity index (χ0n) is 21.3. The maximum Gasteiger partial charge on any atom is 0.205 e. The lowest BCUT2D eigenvalue weighted by Crippen LogP contribution is -2.31. The van der Waals surface area contributed by atoms with Gasteiger partial charge in [0.2, 0.25) is 18.1 Å². The summed E-state index contributed by atoms with van der Waals surface area (Å²) < 4.78 is 20.5. The zero-order valence-corrected chi connectivity index (χ0v) is 25.7. The second-order valence-electron chi connectivity index (χ2n) is 10.9. The van der Waals surface area contributed by atoms with Crippen LogP contribution in [0.5, 0.6) is 5.75 Å². The monoisotopic (exact) mass is 554 g/mol. The van der Waals surface area contributed by atoms with Crippen molar-refractivity contribution >= 4 is 45.3 Å². The topological polar surface area (TPSA) is 27.7 Å². The number of hydrogen-bond acceptors (Lipinski definition) is 4. The molecule has 1 heterocycles. The van der Waals surface area contributed by atoms with Gasteiger partial charge in [-0.2, -0.15) is 0 Å². The molecular weight excluding hydrogens is 516 g/mol. The van der Waals surface area contributed by atoms with Crippen LogP contribution in [0, 0.1) is 10.8 Å². The molecule has 178 valence electrons. The lowest BCUT2D eigenvalue weighted by Gasteiger charge is -2.39. The predicted octanol–water partition coefficient (Wildman–Crippen LogP) is 8.80. The summed E-state index contributed by atoms with van der Waals surface area (Å²) in [7, 11) is -1.79. The Morgan fingerprint density at radius 2 is 1.38 bits per heavy atom. The van der Waals surface area contributed by atoms with E-state index in [0.29, 0.717) is 6.61 Å². The molecule has 0 aliphatic heterocycles. The number of benzene rings is 1. The van der Waals surface area contributed by atoms with Gasteiger partial charge >= 0.3 is 0 Å². The Labute approximate surface area is 211 Å². The van der Waals surface area contributed by atoms with Crippen molar-refractivity contribution in [3.8, 4) is 5.75 Å². The third-order valence-corrected chi connectivity index (χ3v) is 7.99. The maximum absolute atomic E-state index is 6.63. The molecule has 0 saturated heterocycles. The summed E-state index contributed by atoms with van der Waals surface area (Å²) in [4.78, 5) is 1.19. The van der Waals surface area contributed by atoms with Gasteiger partial charge in [0.15, 0.2) is 0 Å². The predicted molar refractivity (Wildman–Crippen MR) is 144 cm³/mol. The highest BCUT2D eigenvalue weighted by molar-refractivity contribution is 9.10. The van der Waals surface area contributed by atoms with Crippen LogP contribution in [0.25, 0.3) is 0 Å². The standard InChI is InChI=1S/C25H39BrO3SSi2/c1-24(2,3)22(28-31(7)8)20-12-11-18(27-15-19-13-17(26)16-30-19)14-21(20)23(25(4,5)6)29-32(9)10/h11-14,16,22-23H,15H2,1-10H3. The number of halogens is 1. The van der Waals surface area contributed by atoms with Gasteiger partial charge < -0.3 is 13.6 Å². The van der Waals surface area contributed by atoms with Gasteiger partial charge in [0.05, 0.1) is 12.2 Å². The summed E-state index contributed by atoms with van der Waals surface area (Å²) in [6, 6.07) is 8.60. The fourth-order valence-electron chi connectivity index (χ4n) is 3.58. The molecule has 0 bridgehead atoms. The van der Waals surface area contributed by atoms with E-state index in [1.165, 1.54) is 16.0 Å². The van der Waals surface area contributed by atoms with Crippen LogP contribution in [0.3, 0.4) is 0 Å². The quantitative estimate of drug-likeness (QED) is 0.289. The molecule has 3 nitrogen and oxygen atoms in total. The van der Waals surface area contributed by atoms with Crippen LogP contribution < -0.4 is 4.74 Å². The summed E-state index contributed by atoms with van der Waals surface area (Å²) in [6.45, 7) is 22.9. The molecular formula is C25H39BrO3SSi2. The van der Waals surface area contributed by atoms with Crippen molar-refractivity contribution in [1.82, 2.24) is 0 Å². The molecule has 0 N–H and O–H groups in total. The van der Waals surface area contributed by atoms with Gasteiger partial charge in [-0.3, -0.25) is 0 Å². The molecule has 0 fully saturated rings. The fourth-order valence-corrected chi connectivity index (χ4v) is 6.84. The van der Waals surface area contributed by atoms with E-state index in [1.54, 1.807) is 11.3 Å². The van der Waals surface area contributed by atoms with Crippen molar-refractivity contribution in [2.75, 3.05) is 0 Å². The molecule has 1 aromatic heterocycles. The van der Waals surface area contributed by atoms with Gasteiger partial charge in [-0.1, -0.05) is 47.6 Å². The van der Waals surface area contributed by atoms with Crippen LogP contribution in [0.4, 0.5) is 0 Å². The molecule has 0 spiro atoms. The van der Waals surface area contributed by atoms with E-state index in [0.717, 1.165) is 10.2 Å². The number of hydrogen-bond donors (Lipinski definition) is 0. The van der Waals surface area contributed by atoms with Crippen LogP contribution in [0.2, 0.25) is 26.2 Å². The van der Waals surface area contributed by atoms with Crippen molar-refractivity contribution in [2.45, 2.75) is 86.5 Å². The van der Waals surface area contributed by atoms with Crippen LogP contribution in [0.15, 0.2) is 34.1 Å². The molecule has 0 saturated carbocycles. The van der Waals surface area contributed by atoms with E-state index >= 15 is 0 Å². The van der Waals surface area contributed by atoms with Gasteiger partial charge in [0.1, 0.15) is 12.4 Å². The molecule has 0 aliphatic rings. The van der Waals surface area contributed by atoms with Gasteiger partial charge in [0.25, 0.3) is 0 Å². The van der Waals surface area contributed by atoms with Crippen molar-refractivity contribution in [3.63, 3.8) is 0 Å². The van der Waals surface area contributed by atoms with Crippen molar-refractivity contribution in [2.24, 2.45) is 10.8 Å². The Balaban J connectivity index is 2.55. The summed E-state index contributed by atoms with van der Waals surface area (Å²) >= 11 is 5.23. The fraction of sp³-hybridized carbons (Fsp3) is 0.600. The Bertz CT molecular complexity index is 869. The SMILES string of the molecule is C[Si](C)OC(c1ccc(OCc2cc(Br)cs2)cc1C(O[Si](C)C)C(C)(C)C)C(C)(C)C. The minimum absolute atomic E-state index is 0.00141. The highest BCUT2D eigenvalue weighted by Gasteiger charge is 2.36. The minimum atomic E-state index is -0.906. The molecule has 0 aliphatic carbocycles. The molecule has 1 aromatic carbocycles. The van der Waals surface area contributed by atoms with E-state index in [9.17, 15) is 0 Å². The number of ether oxygens (including phenoxy) is 1. The lowest BCUT2D eigenvalue weighted by molar-refractivity contribution is 0.0653. The first kappa shape index (κ1) is 27.8. The summed E-state index contributed by atoms with van der Waals surface area (Å²) in [6.07, 6.45) is -0.0276. The third kappa shape index (κ3) is 8.10. The molecule has 2 rings (SSSR count). The molecule has 7 heteroatoms. The smallest absolute Gasteiger partial charge is 0.205 e. The second-order valence-corrected chi connectivity index (χ2v) is 16.9. The van der Waals surface area contributed by atoms with Gasteiger partial charge in [0, 0.05) is 14.7 Å². The van der Waals surface area contributed by atoms with Crippen LogP contribution >= 0.6 is 27.3 Å². The molecule has 2 radical (unpaired) electrons. The number of thiophene rings is 1. The average molecular weight is 556 g/mol. The van der Waals surface area contributed by atoms with Gasteiger partial charge in [-0.05, 0) is 82.3 Å². The lowest BCUT2D eigenvalue weighted by atomic mass is 9.77. The molecule has 32 heavy (non-hydrogen) atoms. The van der Waals surface area contributed by atoms with E-state index in [1.807, 2.05) is 0 Å². The third-order valence-electron chi connectivity index (χ3n) is 4.91. The zero-order chi connectivity index (χ0) is 24.3. The summed E-state index contributed by atoms with van der Waals surface area (Å²) in [5, 5.41) is 2.09. The van der Waals surface area contributed by atoms with E-state index in [4.69, 9.17) is 13.6 Å². The molecule has 2 atom stereocenters. The minimum Gasteiger partial charge on any atom is -0.488 e. The normalized spacial score (nSPS) is 14.8. The molecule has 2 unspecified atom stereocenters. The first-order valence-electron chi connectivity index (χ1n) is 11.1. The first-order chi connectivity index (χ1) is 14.7. The van der Waals surface area contributed by atoms with Gasteiger partial charge in [-0.25, -0.2) is 0 Å². The Hall–Kier alpha value is -0.446. The largest absolute Gasteiger partial charge is 0.488 e.